The Hall–Kier alpha value is -1.93. The number of hydrogen-bond donors (Lipinski definition) is 0. The van der Waals surface area contributed by atoms with Gasteiger partial charge in [0.05, 0.1) is 5.75 Å². The first-order valence-electron chi connectivity index (χ1n) is 10.1. The molecule has 4 rings (SSSR count). The van der Waals surface area contributed by atoms with Gasteiger partial charge in [-0.1, -0.05) is 12.1 Å². The first kappa shape index (κ1) is 19.4. The van der Waals surface area contributed by atoms with Crippen molar-refractivity contribution in [1.82, 2.24) is 14.1 Å². The molecule has 0 bridgehead atoms. The zero-order valence-electron chi connectivity index (χ0n) is 16.0. The average Bonchev–Trinajstić information content (AvgIpc) is 3.26. The number of likely N-dealkylation sites (tertiary alicyclic amines) is 2. The molecule has 0 N–H and O–H groups in total. The number of carbonyl (C=O) groups is 2. The summed E-state index contributed by atoms with van der Waals surface area (Å²) in [5.74, 6) is 0.361. The maximum absolute atomic E-state index is 12.9. The molecule has 3 saturated heterocycles. The van der Waals surface area contributed by atoms with Crippen molar-refractivity contribution in [2.45, 2.75) is 44.7 Å². The Bertz CT molecular complexity index is 853. The van der Waals surface area contributed by atoms with E-state index in [9.17, 15) is 18.0 Å². The summed E-state index contributed by atoms with van der Waals surface area (Å²) in [5, 5.41) is 0. The number of sulfonamides is 1. The van der Waals surface area contributed by atoms with E-state index in [1.54, 1.807) is 9.21 Å². The van der Waals surface area contributed by atoms with Gasteiger partial charge in [-0.3, -0.25) is 9.59 Å². The predicted molar refractivity (Wildman–Crippen MR) is 105 cm³/mol. The van der Waals surface area contributed by atoms with Crippen molar-refractivity contribution in [3.63, 3.8) is 0 Å². The van der Waals surface area contributed by atoms with Gasteiger partial charge in [-0.2, -0.15) is 4.31 Å². The third kappa shape index (κ3) is 3.93. The predicted octanol–water partition coefficient (Wildman–Crippen LogP) is 1.45. The third-order valence-corrected chi connectivity index (χ3v) is 7.97. The van der Waals surface area contributed by atoms with E-state index in [4.69, 9.17) is 0 Å². The molecule has 0 saturated carbocycles. The topological polar surface area (TPSA) is 78.0 Å². The molecule has 0 radical (unpaired) electrons. The van der Waals surface area contributed by atoms with E-state index in [2.05, 4.69) is 0 Å². The average molecular weight is 406 g/mol. The summed E-state index contributed by atoms with van der Waals surface area (Å²) >= 11 is 0. The highest BCUT2D eigenvalue weighted by molar-refractivity contribution is 7.89. The number of piperidine rings is 1. The molecule has 0 aliphatic carbocycles. The Kier molecular flexibility index (Phi) is 5.42. The summed E-state index contributed by atoms with van der Waals surface area (Å²) in [6.45, 7) is 3.08. The quantitative estimate of drug-likeness (QED) is 0.760. The lowest BCUT2D eigenvalue weighted by atomic mass is 10.0. The van der Waals surface area contributed by atoms with Crippen LogP contribution in [0.1, 0.15) is 48.0 Å². The Balaban J connectivity index is 1.40. The first-order chi connectivity index (χ1) is 13.4. The Labute approximate surface area is 166 Å². The first-order valence-corrected chi connectivity index (χ1v) is 11.7. The lowest BCUT2D eigenvalue weighted by Gasteiger charge is -2.36. The van der Waals surface area contributed by atoms with Crippen LogP contribution in [0.3, 0.4) is 0 Å². The van der Waals surface area contributed by atoms with Crippen LogP contribution in [0.15, 0.2) is 24.3 Å². The summed E-state index contributed by atoms with van der Waals surface area (Å²) in [6, 6.07) is 7.34. The van der Waals surface area contributed by atoms with Gasteiger partial charge in [0.15, 0.2) is 0 Å². The highest BCUT2D eigenvalue weighted by atomic mass is 32.2. The van der Waals surface area contributed by atoms with Crippen LogP contribution in [-0.4, -0.2) is 72.3 Å². The number of amides is 2. The molecule has 1 aromatic rings. The number of carbonyl (C=O) groups excluding carboxylic acids is 2. The zero-order valence-corrected chi connectivity index (χ0v) is 16.9. The highest BCUT2D eigenvalue weighted by Crippen LogP contribution is 2.25. The fourth-order valence-electron chi connectivity index (χ4n) is 4.47. The van der Waals surface area contributed by atoms with Crippen molar-refractivity contribution < 1.29 is 18.0 Å². The van der Waals surface area contributed by atoms with E-state index < -0.39 is 10.0 Å². The molecule has 8 heteroatoms. The van der Waals surface area contributed by atoms with Crippen LogP contribution < -0.4 is 0 Å². The molecular formula is C20H27N3O4S. The van der Waals surface area contributed by atoms with E-state index in [1.807, 2.05) is 29.2 Å². The Morgan fingerprint density at radius 2 is 1.82 bits per heavy atom. The lowest BCUT2D eigenvalue weighted by Crippen LogP contribution is -2.50. The van der Waals surface area contributed by atoms with Gasteiger partial charge in [-0.25, -0.2) is 8.42 Å². The molecule has 1 aromatic carbocycles. The molecule has 3 heterocycles. The Morgan fingerprint density at radius 1 is 1.04 bits per heavy atom. The third-order valence-electron chi connectivity index (χ3n) is 5.97. The summed E-state index contributed by atoms with van der Waals surface area (Å²) < 4.78 is 26.0. The molecule has 3 fully saturated rings. The molecule has 2 amide bonds. The second-order valence-corrected chi connectivity index (χ2v) is 9.98. The van der Waals surface area contributed by atoms with Crippen molar-refractivity contribution in [2.75, 3.05) is 31.9 Å². The molecule has 1 atom stereocenters. The smallest absolute Gasteiger partial charge is 0.253 e. The standard InChI is InChI=1S/C20H27N3O4S/c24-19-5-2-10-21(19)14-16-6-8-17(9-7-16)20(25)22-11-1-4-18(15-22)23-12-3-13-28(23,26)27/h6-9,18H,1-5,10-15H2. The number of nitrogens with zero attached hydrogens (tertiary/aromatic N) is 3. The molecule has 1 unspecified atom stereocenters. The fraction of sp³-hybridized carbons (Fsp3) is 0.600. The second kappa shape index (κ2) is 7.83. The molecule has 3 aliphatic rings. The molecule has 28 heavy (non-hydrogen) atoms. The molecule has 0 aromatic heterocycles. The molecule has 7 nitrogen and oxygen atoms in total. The molecule has 3 aliphatic heterocycles. The fourth-order valence-corrected chi connectivity index (χ4v) is 6.23. The van der Waals surface area contributed by atoms with E-state index in [1.165, 1.54) is 0 Å². The summed E-state index contributed by atoms with van der Waals surface area (Å²) in [4.78, 5) is 28.3. The zero-order chi connectivity index (χ0) is 19.7. The lowest BCUT2D eigenvalue weighted by molar-refractivity contribution is -0.128. The van der Waals surface area contributed by atoms with Crippen molar-refractivity contribution in [2.24, 2.45) is 0 Å². The Morgan fingerprint density at radius 3 is 2.46 bits per heavy atom. The van der Waals surface area contributed by atoms with Gasteiger partial charge in [0.1, 0.15) is 0 Å². The monoisotopic (exact) mass is 405 g/mol. The van der Waals surface area contributed by atoms with Crippen LogP contribution in [0.2, 0.25) is 0 Å². The van der Waals surface area contributed by atoms with E-state index in [0.29, 0.717) is 44.6 Å². The van der Waals surface area contributed by atoms with Crippen molar-refractivity contribution in [3.8, 4) is 0 Å². The van der Waals surface area contributed by atoms with Crippen LogP contribution in [-0.2, 0) is 21.4 Å². The molecular weight excluding hydrogens is 378 g/mol. The van der Waals surface area contributed by atoms with Gasteiger partial charge < -0.3 is 9.80 Å². The van der Waals surface area contributed by atoms with E-state index in [-0.39, 0.29) is 23.6 Å². The SMILES string of the molecule is O=C1CCCN1Cc1ccc(C(=O)N2CCCC(N3CCCS3(=O)=O)C2)cc1. The molecule has 152 valence electrons. The summed E-state index contributed by atoms with van der Waals surface area (Å²) in [6.07, 6.45) is 3.84. The van der Waals surface area contributed by atoms with Crippen molar-refractivity contribution in [1.29, 1.82) is 0 Å². The van der Waals surface area contributed by atoms with Gasteiger partial charge >= 0.3 is 0 Å². The van der Waals surface area contributed by atoms with Crippen LogP contribution in [0.4, 0.5) is 0 Å². The van der Waals surface area contributed by atoms with Crippen LogP contribution in [0, 0.1) is 0 Å². The largest absolute Gasteiger partial charge is 0.338 e. The maximum atomic E-state index is 12.9. The van der Waals surface area contributed by atoms with Gasteiger partial charge in [0.2, 0.25) is 15.9 Å². The minimum Gasteiger partial charge on any atom is -0.338 e. The normalized spacial score (nSPS) is 25.4. The summed E-state index contributed by atoms with van der Waals surface area (Å²) in [7, 11) is -3.16. The van der Waals surface area contributed by atoms with Crippen molar-refractivity contribution >= 4 is 21.8 Å². The number of benzene rings is 1. The minimum atomic E-state index is -3.16. The maximum Gasteiger partial charge on any atom is 0.253 e. The number of rotatable bonds is 4. The minimum absolute atomic E-state index is 0.0508. The van der Waals surface area contributed by atoms with Gasteiger partial charge in [0, 0.05) is 50.7 Å². The van der Waals surface area contributed by atoms with Gasteiger partial charge in [-0.05, 0) is 43.4 Å². The van der Waals surface area contributed by atoms with E-state index >= 15 is 0 Å². The van der Waals surface area contributed by atoms with Crippen LogP contribution in [0.25, 0.3) is 0 Å². The summed E-state index contributed by atoms with van der Waals surface area (Å²) in [5.41, 5.74) is 1.63. The van der Waals surface area contributed by atoms with Crippen molar-refractivity contribution in [3.05, 3.63) is 35.4 Å². The van der Waals surface area contributed by atoms with E-state index in [0.717, 1.165) is 31.4 Å². The number of hydrogen-bond acceptors (Lipinski definition) is 4. The van der Waals surface area contributed by atoms with Crippen LogP contribution in [0.5, 0.6) is 0 Å². The second-order valence-electron chi connectivity index (χ2n) is 7.94. The van der Waals surface area contributed by atoms with Gasteiger partial charge in [-0.15, -0.1) is 0 Å². The van der Waals surface area contributed by atoms with Gasteiger partial charge in [0.25, 0.3) is 5.91 Å². The molecule has 0 spiro atoms. The van der Waals surface area contributed by atoms with Crippen LogP contribution >= 0.6 is 0 Å². The highest BCUT2D eigenvalue weighted by Gasteiger charge is 2.37.